The van der Waals surface area contributed by atoms with Gasteiger partial charge < -0.3 is 4.98 Å². The second-order valence-corrected chi connectivity index (χ2v) is 4.08. The van der Waals surface area contributed by atoms with Gasteiger partial charge in [0.25, 0.3) is 5.56 Å². The van der Waals surface area contributed by atoms with Crippen molar-refractivity contribution in [2.75, 3.05) is 5.88 Å². The van der Waals surface area contributed by atoms with Gasteiger partial charge in [0, 0.05) is 17.4 Å². The Morgan fingerprint density at radius 2 is 2.06 bits per heavy atom. The average molecular weight is 259 g/mol. The van der Waals surface area contributed by atoms with Crippen LogP contribution in [-0.2, 0) is 6.54 Å². The Morgan fingerprint density at radius 1 is 1.31 bits per heavy atom. The van der Waals surface area contributed by atoms with Crippen molar-refractivity contribution in [3.8, 4) is 0 Å². The van der Waals surface area contributed by atoms with E-state index < -0.39 is 5.69 Å². The van der Waals surface area contributed by atoms with Gasteiger partial charge in [-0.3, -0.25) is 9.36 Å². The van der Waals surface area contributed by atoms with Gasteiger partial charge in [0.1, 0.15) is 0 Å². The van der Waals surface area contributed by atoms with E-state index in [2.05, 4.69) is 4.98 Å². The maximum Gasteiger partial charge on any atom is 0.328 e. The minimum absolute atomic E-state index is 0.179. The molecule has 2 aromatic rings. The molecule has 6 heteroatoms. The van der Waals surface area contributed by atoms with E-state index in [9.17, 15) is 9.59 Å². The van der Waals surface area contributed by atoms with E-state index in [1.54, 1.807) is 12.1 Å². The average Bonchev–Trinajstić information content (AvgIpc) is 2.26. The van der Waals surface area contributed by atoms with E-state index in [-0.39, 0.29) is 18.0 Å². The number of fused-ring (bicyclic) bond motifs is 1. The van der Waals surface area contributed by atoms with Crippen LogP contribution in [0.25, 0.3) is 10.9 Å². The predicted molar refractivity (Wildman–Crippen MR) is 64.6 cm³/mol. The first-order chi connectivity index (χ1) is 7.63. The minimum Gasteiger partial charge on any atom is -0.307 e. The molecule has 0 saturated heterocycles. The first kappa shape index (κ1) is 11.2. The number of hydrogen-bond acceptors (Lipinski definition) is 2. The number of nitrogens with zero attached hydrogens (tertiary/aromatic N) is 1. The molecular formula is C10H8Cl2N2O2. The van der Waals surface area contributed by atoms with Crippen molar-refractivity contribution in [3.63, 3.8) is 0 Å². The first-order valence-corrected chi connectivity index (χ1v) is 5.53. The standard InChI is InChI=1S/C10H8Cl2N2O2/c11-3-4-14-9(15)7-5-6(12)1-2-8(7)13-10(14)16/h1-2,5H,3-4H2,(H,13,16). The van der Waals surface area contributed by atoms with Crippen LogP contribution < -0.4 is 11.2 Å². The number of halogens is 2. The molecule has 0 amide bonds. The monoisotopic (exact) mass is 258 g/mol. The summed E-state index contributed by atoms with van der Waals surface area (Å²) in [6.45, 7) is 0.179. The number of H-pyrrole nitrogens is 1. The topological polar surface area (TPSA) is 54.9 Å². The molecule has 0 atom stereocenters. The molecular weight excluding hydrogens is 251 g/mol. The fraction of sp³-hybridized carbons (Fsp3) is 0.200. The molecule has 0 aliphatic heterocycles. The fourth-order valence-electron chi connectivity index (χ4n) is 1.51. The Bertz CT molecular complexity index is 645. The molecule has 1 aromatic carbocycles. The van der Waals surface area contributed by atoms with Gasteiger partial charge in [-0.1, -0.05) is 11.6 Å². The summed E-state index contributed by atoms with van der Waals surface area (Å²) in [5.41, 5.74) is -0.354. The van der Waals surface area contributed by atoms with Crippen LogP contribution in [0.2, 0.25) is 5.02 Å². The predicted octanol–water partition coefficient (Wildman–Crippen LogP) is 1.58. The van der Waals surface area contributed by atoms with Gasteiger partial charge in [0.2, 0.25) is 0 Å². The van der Waals surface area contributed by atoms with Crippen LogP contribution in [0.4, 0.5) is 0 Å². The summed E-state index contributed by atoms with van der Waals surface area (Å²) in [6, 6.07) is 4.75. The number of benzene rings is 1. The van der Waals surface area contributed by atoms with Crippen molar-refractivity contribution in [3.05, 3.63) is 44.1 Å². The highest BCUT2D eigenvalue weighted by atomic mass is 35.5. The fourth-order valence-corrected chi connectivity index (χ4v) is 1.85. The number of aromatic amines is 1. The van der Waals surface area contributed by atoms with Gasteiger partial charge in [0.05, 0.1) is 10.9 Å². The van der Waals surface area contributed by atoms with Gasteiger partial charge in [-0.05, 0) is 18.2 Å². The lowest BCUT2D eigenvalue weighted by Gasteiger charge is -2.04. The SMILES string of the molecule is O=c1[nH]c2ccc(Cl)cc2c(=O)n1CCCl. The second kappa shape index (κ2) is 4.31. The summed E-state index contributed by atoms with van der Waals surface area (Å²) in [6.07, 6.45) is 0. The van der Waals surface area contributed by atoms with Gasteiger partial charge >= 0.3 is 5.69 Å². The minimum atomic E-state index is -0.458. The third-order valence-corrected chi connectivity index (χ3v) is 2.66. The van der Waals surface area contributed by atoms with Crippen molar-refractivity contribution in [1.82, 2.24) is 9.55 Å². The lowest BCUT2D eigenvalue weighted by molar-refractivity contribution is 0.688. The number of rotatable bonds is 2. The molecule has 0 aliphatic carbocycles. The Labute approximate surface area is 100 Å². The molecule has 1 N–H and O–H groups in total. The van der Waals surface area contributed by atoms with E-state index in [0.717, 1.165) is 4.57 Å². The van der Waals surface area contributed by atoms with E-state index >= 15 is 0 Å². The van der Waals surface area contributed by atoms with E-state index in [4.69, 9.17) is 23.2 Å². The summed E-state index contributed by atoms with van der Waals surface area (Å²) in [5.74, 6) is 0.203. The van der Waals surface area contributed by atoms with Crippen LogP contribution in [-0.4, -0.2) is 15.4 Å². The second-order valence-electron chi connectivity index (χ2n) is 3.27. The van der Waals surface area contributed by atoms with Crippen molar-refractivity contribution >= 4 is 34.1 Å². The molecule has 0 radical (unpaired) electrons. The highest BCUT2D eigenvalue weighted by Gasteiger charge is 2.07. The molecule has 16 heavy (non-hydrogen) atoms. The zero-order chi connectivity index (χ0) is 11.7. The Hall–Kier alpha value is -1.26. The summed E-state index contributed by atoms with van der Waals surface area (Å²) in [5, 5.41) is 0.839. The van der Waals surface area contributed by atoms with Crippen LogP contribution in [0.1, 0.15) is 0 Å². The molecule has 0 spiro atoms. The third-order valence-electron chi connectivity index (χ3n) is 2.25. The highest BCUT2D eigenvalue weighted by molar-refractivity contribution is 6.31. The number of alkyl halides is 1. The van der Waals surface area contributed by atoms with Gasteiger partial charge in [0.15, 0.2) is 0 Å². The zero-order valence-corrected chi connectivity index (χ0v) is 9.68. The smallest absolute Gasteiger partial charge is 0.307 e. The maximum atomic E-state index is 11.9. The highest BCUT2D eigenvalue weighted by Crippen LogP contribution is 2.13. The number of nitrogens with one attached hydrogen (secondary N) is 1. The molecule has 2 rings (SSSR count). The Balaban J connectivity index is 2.85. The van der Waals surface area contributed by atoms with Gasteiger partial charge in [-0.25, -0.2) is 4.79 Å². The Morgan fingerprint density at radius 3 is 2.75 bits per heavy atom. The quantitative estimate of drug-likeness (QED) is 0.832. The van der Waals surface area contributed by atoms with Crippen LogP contribution in [0.5, 0.6) is 0 Å². The van der Waals surface area contributed by atoms with Crippen molar-refractivity contribution in [2.24, 2.45) is 0 Å². The Kier molecular flexibility index (Phi) is 3.03. The maximum absolute atomic E-state index is 11.9. The zero-order valence-electron chi connectivity index (χ0n) is 8.17. The molecule has 84 valence electrons. The summed E-state index contributed by atoms with van der Waals surface area (Å²) < 4.78 is 1.06. The van der Waals surface area contributed by atoms with Crippen LogP contribution in [0.15, 0.2) is 27.8 Å². The van der Waals surface area contributed by atoms with Crippen molar-refractivity contribution < 1.29 is 0 Å². The molecule has 1 heterocycles. The number of hydrogen-bond donors (Lipinski definition) is 1. The number of aromatic nitrogens is 2. The summed E-state index contributed by atoms with van der Waals surface area (Å²) in [7, 11) is 0. The molecule has 4 nitrogen and oxygen atoms in total. The first-order valence-electron chi connectivity index (χ1n) is 4.62. The molecule has 0 saturated carbocycles. The molecule has 0 fully saturated rings. The van der Waals surface area contributed by atoms with Crippen molar-refractivity contribution in [2.45, 2.75) is 6.54 Å². The largest absolute Gasteiger partial charge is 0.328 e. The van der Waals surface area contributed by atoms with E-state index in [1.807, 2.05) is 0 Å². The lowest BCUT2D eigenvalue weighted by atomic mass is 10.2. The summed E-state index contributed by atoms with van der Waals surface area (Å²) >= 11 is 11.3. The third kappa shape index (κ3) is 1.86. The van der Waals surface area contributed by atoms with Crippen LogP contribution in [0.3, 0.4) is 0 Å². The van der Waals surface area contributed by atoms with Crippen LogP contribution >= 0.6 is 23.2 Å². The molecule has 0 bridgehead atoms. The molecule has 0 aliphatic rings. The molecule has 1 aromatic heterocycles. The van der Waals surface area contributed by atoms with Crippen LogP contribution in [0, 0.1) is 0 Å². The van der Waals surface area contributed by atoms with E-state index in [1.165, 1.54) is 6.07 Å². The molecule has 0 unspecified atom stereocenters. The van der Waals surface area contributed by atoms with Crippen molar-refractivity contribution in [1.29, 1.82) is 0 Å². The van der Waals surface area contributed by atoms with Gasteiger partial charge in [-0.2, -0.15) is 0 Å². The van der Waals surface area contributed by atoms with Gasteiger partial charge in [-0.15, -0.1) is 11.6 Å². The lowest BCUT2D eigenvalue weighted by Crippen LogP contribution is -2.35. The summed E-state index contributed by atoms with van der Waals surface area (Å²) in [4.78, 5) is 26.1. The van der Waals surface area contributed by atoms with E-state index in [0.29, 0.717) is 15.9 Å². The normalized spacial score (nSPS) is 10.9.